The first-order valence-electron chi connectivity index (χ1n) is 5.63. The summed E-state index contributed by atoms with van der Waals surface area (Å²) in [4.78, 5) is 12.4. The Balaban J connectivity index is 2.32. The molecule has 0 N–H and O–H groups in total. The third-order valence-corrected chi connectivity index (χ3v) is 3.63. The standard InChI is InChI=1S/C13H15BrO3/c1-8-10(5-6-17-8)13(15)11-7-9(14)3-4-12(11)16-2/h3-4,7-8,10H,5-6H2,1-2H3. The Kier molecular flexibility index (Phi) is 3.84. The summed E-state index contributed by atoms with van der Waals surface area (Å²) in [5.41, 5.74) is 0.629. The Morgan fingerprint density at radius 3 is 2.88 bits per heavy atom. The second-order valence-electron chi connectivity index (χ2n) is 4.18. The number of hydrogen-bond acceptors (Lipinski definition) is 3. The number of halogens is 1. The highest BCUT2D eigenvalue weighted by Gasteiger charge is 2.32. The summed E-state index contributed by atoms with van der Waals surface area (Å²) in [7, 11) is 1.58. The van der Waals surface area contributed by atoms with E-state index < -0.39 is 0 Å². The molecule has 1 heterocycles. The molecule has 92 valence electrons. The normalized spacial score (nSPS) is 23.7. The zero-order chi connectivity index (χ0) is 12.4. The molecule has 0 aliphatic carbocycles. The zero-order valence-electron chi connectivity index (χ0n) is 9.90. The fourth-order valence-corrected chi connectivity index (χ4v) is 2.51. The Morgan fingerprint density at radius 1 is 1.53 bits per heavy atom. The summed E-state index contributed by atoms with van der Waals surface area (Å²) in [6.07, 6.45) is 0.779. The molecule has 1 aliphatic heterocycles. The van der Waals surface area contributed by atoms with Crippen molar-refractivity contribution in [3.63, 3.8) is 0 Å². The number of ketones is 1. The van der Waals surface area contributed by atoms with Crippen LogP contribution < -0.4 is 4.74 Å². The van der Waals surface area contributed by atoms with E-state index in [0.717, 1.165) is 10.9 Å². The molecule has 4 heteroatoms. The van der Waals surface area contributed by atoms with Crippen molar-refractivity contribution < 1.29 is 14.3 Å². The number of rotatable bonds is 3. The van der Waals surface area contributed by atoms with Gasteiger partial charge in [-0.05, 0) is 31.5 Å². The van der Waals surface area contributed by atoms with Gasteiger partial charge in [0.2, 0.25) is 0 Å². The average Bonchev–Trinajstić information content (AvgIpc) is 2.74. The van der Waals surface area contributed by atoms with Gasteiger partial charge in [0.1, 0.15) is 5.75 Å². The molecule has 0 bridgehead atoms. The fraction of sp³-hybridized carbons (Fsp3) is 0.462. The maximum Gasteiger partial charge on any atom is 0.172 e. The first-order valence-corrected chi connectivity index (χ1v) is 6.42. The molecule has 1 aliphatic rings. The van der Waals surface area contributed by atoms with Gasteiger partial charge in [0, 0.05) is 11.1 Å². The molecule has 1 saturated heterocycles. The van der Waals surface area contributed by atoms with Crippen LogP contribution in [0.4, 0.5) is 0 Å². The van der Waals surface area contributed by atoms with E-state index in [4.69, 9.17) is 9.47 Å². The van der Waals surface area contributed by atoms with Crippen LogP contribution >= 0.6 is 15.9 Å². The van der Waals surface area contributed by atoms with Gasteiger partial charge in [-0.1, -0.05) is 15.9 Å². The smallest absolute Gasteiger partial charge is 0.172 e. The van der Waals surface area contributed by atoms with Gasteiger partial charge in [-0.25, -0.2) is 0 Å². The van der Waals surface area contributed by atoms with Gasteiger partial charge in [-0.3, -0.25) is 4.79 Å². The van der Waals surface area contributed by atoms with Crippen LogP contribution in [0.5, 0.6) is 5.75 Å². The molecule has 1 fully saturated rings. The SMILES string of the molecule is COc1ccc(Br)cc1C(=O)C1CCOC1C. The molecule has 1 aromatic rings. The molecule has 0 spiro atoms. The third-order valence-electron chi connectivity index (χ3n) is 3.14. The largest absolute Gasteiger partial charge is 0.496 e. The van der Waals surface area contributed by atoms with Gasteiger partial charge in [0.05, 0.1) is 24.7 Å². The number of methoxy groups -OCH3 is 1. The Hall–Kier alpha value is -0.870. The van der Waals surface area contributed by atoms with E-state index in [0.29, 0.717) is 17.9 Å². The van der Waals surface area contributed by atoms with Crippen LogP contribution in [0.15, 0.2) is 22.7 Å². The van der Waals surface area contributed by atoms with Crippen molar-refractivity contribution in [3.8, 4) is 5.75 Å². The molecular weight excluding hydrogens is 284 g/mol. The third kappa shape index (κ3) is 2.53. The fourth-order valence-electron chi connectivity index (χ4n) is 2.15. The highest BCUT2D eigenvalue weighted by atomic mass is 79.9. The molecule has 2 rings (SSSR count). The molecular formula is C13H15BrO3. The lowest BCUT2D eigenvalue weighted by Gasteiger charge is -2.15. The Morgan fingerprint density at radius 2 is 2.29 bits per heavy atom. The van der Waals surface area contributed by atoms with Crippen molar-refractivity contribution in [2.75, 3.05) is 13.7 Å². The first-order chi connectivity index (χ1) is 8.13. The number of Topliss-reactive ketones (excluding diaryl/α,β-unsaturated/α-hetero) is 1. The number of benzene rings is 1. The second-order valence-corrected chi connectivity index (χ2v) is 5.10. The average molecular weight is 299 g/mol. The minimum absolute atomic E-state index is 0.00816. The number of carbonyl (C=O) groups is 1. The van der Waals surface area contributed by atoms with Gasteiger partial charge in [0.15, 0.2) is 5.78 Å². The summed E-state index contributed by atoms with van der Waals surface area (Å²) >= 11 is 3.38. The maximum absolute atomic E-state index is 12.4. The van der Waals surface area contributed by atoms with Crippen molar-refractivity contribution in [1.82, 2.24) is 0 Å². The van der Waals surface area contributed by atoms with Crippen LogP contribution in [-0.4, -0.2) is 25.6 Å². The highest BCUT2D eigenvalue weighted by Crippen LogP contribution is 2.30. The molecule has 0 amide bonds. The van der Waals surface area contributed by atoms with Gasteiger partial charge < -0.3 is 9.47 Å². The topological polar surface area (TPSA) is 35.5 Å². The van der Waals surface area contributed by atoms with E-state index in [1.165, 1.54) is 0 Å². The van der Waals surface area contributed by atoms with E-state index in [-0.39, 0.29) is 17.8 Å². The lowest BCUT2D eigenvalue weighted by atomic mass is 9.92. The monoisotopic (exact) mass is 298 g/mol. The Bertz CT molecular complexity index is 431. The van der Waals surface area contributed by atoms with E-state index in [9.17, 15) is 4.79 Å². The predicted octanol–water partition coefficient (Wildman–Crippen LogP) is 3.07. The lowest BCUT2D eigenvalue weighted by Crippen LogP contribution is -2.22. The minimum Gasteiger partial charge on any atom is -0.496 e. The van der Waals surface area contributed by atoms with Gasteiger partial charge >= 0.3 is 0 Å². The van der Waals surface area contributed by atoms with Crippen molar-refractivity contribution >= 4 is 21.7 Å². The molecule has 1 aromatic carbocycles. The van der Waals surface area contributed by atoms with Gasteiger partial charge in [-0.15, -0.1) is 0 Å². The van der Waals surface area contributed by atoms with E-state index in [1.807, 2.05) is 19.1 Å². The van der Waals surface area contributed by atoms with Crippen LogP contribution in [0.3, 0.4) is 0 Å². The predicted molar refractivity (Wildman–Crippen MR) is 68.5 cm³/mol. The van der Waals surface area contributed by atoms with E-state index >= 15 is 0 Å². The summed E-state index contributed by atoms with van der Waals surface area (Å²) in [6, 6.07) is 5.48. The molecule has 2 atom stereocenters. The van der Waals surface area contributed by atoms with Crippen molar-refractivity contribution in [1.29, 1.82) is 0 Å². The summed E-state index contributed by atoms with van der Waals surface area (Å²) in [6.45, 7) is 2.61. The quantitative estimate of drug-likeness (QED) is 0.805. The molecule has 3 nitrogen and oxygen atoms in total. The van der Waals surface area contributed by atoms with Gasteiger partial charge in [0.25, 0.3) is 0 Å². The van der Waals surface area contributed by atoms with E-state index in [1.54, 1.807) is 13.2 Å². The second kappa shape index (κ2) is 5.19. The van der Waals surface area contributed by atoms with Crippen LogP contribution in [0, 0.1) is 5.92 Å². The van der Waals surface area contributed by atoms with Crippen LogP contribution in [0.2, 0.25) is 0 Å². The molecule has 2 unspecified atom stereocenters. The van der Waals surface area contributed by atoms with Crippen molar-refractivity contribution in [3.05, 3.63) is 28.2 Å². The first kappa shape index (κ1) is 12.6. The summed E-state index contributed by atoms with van der Waals surface area (Å²) in [5.74, 6) is 0.670. The summed E-state index contributed by atoms with van der Waals surface area (Å²) < 4.78 is 11.6. The van der Waals surface area contributed by atoms with E-state index in [2.05, 4.69) is 15.9 Å². The Labute approximate surface area is 109 Å². The van der Waals surface area contributed by atoms with Crippen LogP contribution in [0.25, 0.3) is 0 Å². The van der Waals surface area contributed by atoms with Crippen molar-refractivity contribution in [2.24, 2.45) is 5.92 Å². The number of hydrogen-bond donors (Lipinski definition) is 0. The molecule has 0 saturated carbocycles. The zero-order valence-corrected chi connectivity index (χ0v) is 11.5. The molecule has 0 aromatic heterocycles. The lowest BCUT2D eigenvalue weighted by molar-refractivity contribution is 0.0762. The minimum atomic E-state index is -0.0572. The van der Waals surface area contributed by atoms with Crippen LogP contribution in [0.1, 0.15) is 23.7 Å². The maximum atomic E-state index is 12.4. The number of ether oxygens (including phenoxy) is 2. The van der Waals surface area contributed by atoms with Gasteiger partial charge in [-0.2, -0.15) is 0 Å². The summed E-state index contributed by atoms with van der Waals surface area (Å²) in [5, 5.41) is 0. The highest BCUT2D eigenvalue weighted by molar-refractivity contribution is 9.10. The van der Waals surface area contributed by atoms with Crippen LogP contribution in [-0.2, 0) is 4.74 Å². The number of carbonyl (C=O) groups excluding carboxylic acids is 1. The molecule has 0 radical (unpaired) electrons. The molecule has 17 heavy (non-hydrogen) atoms. The van der Waals surface area contributed by atoms with Crippen molar-refractivity contribution in [2.45, 2.75) is 19.4 Å².